The summed E-state index contributed by atoms with van der Waals surface area (Å²) in [7, 11) is 0. The molecule has 2 rings (SSSR count). The molecule has 0 heterocycles. The molecule has 0 saturated carbocycles. The van der Waals surface area contributed by atoms with E-state index in [1.165, 1.54) is 0 Å². The smallest absolute Gasteiger partial charge is 0.867 e. The molecular weight excluding hydrogens is 423 g/mol. The van der Waals surface area contributed by atoms with Crippen LogP contribution in [-0.4, -0.2) is 42.6 Å². The van der Waals surface area contributed by atoms with Crippen molar-refractivity contribution in [2.24, 2.45) is 0 Å². The van der Waals surface area contributed by atoms with E-state index in [2.05, 4.69) is 6.92 Å². The quantitative estimate of drug-likeness (QED) is 0.365. The van der Waals surface area contributed by atoms with Gasteiger partial charge in [-0.2, -0.15) is 6.42 Å². The molecule has 0 bridgehead atoms. The van der Waals surface area contributed by atoms with Crippen molar-refractivity contribution in [2.75, 3.05) is 0 Å². The largest absolute Gasteiger partial charge is 3.00 e. The molecule has 6 N–H and O–H groups in total. The topological polar surface area (TPSA) is 202 Å². The molecule has 0 aromatic heterocycles. The molecule has 11 heteroatoms. The zero-order chi connectivity index (χ0) is 21.3. The number of carboxylic acids is 2. The molecule has 0 atom stereocenters. The van der Waals surface area contributed by atoms with Gasteiger partial charge in [0.1, 0.15) is 23.0 Å². The Morgan fingerprint density at radius 1 is 0.786 bits per heavy atom. The van der Waals surface area contributed by atoms with E-state index in [1.54, 1.807) is 0 Å². The summed E-state index contributed by atoms with van der Waals surface area (Å²) < 4.78 is 0. The van der Waals surface area contributed by atoms with Crippen molar-refractivity contribution in [3.63, 3.8) is 0 Å². The summed E-state index contributed by atoms with van der Waals surface area (Å²) in [5.74, 6) is -7.67. The Morgan fingerprint density at radius 2 is 0.964 bits per heavy atom. The van der Waals surface area contributed by atoms with Gasteiger partial charge < -0.3 is 47.8 Å². The molecule has 0 saturated heterocycles. The van der Waals surface area contributed by atoms with Gasteiger partial charge in [-0.15, -0.1) is 0 Å². The van der Waals surface area contributed by atoms with E-state index in [0.717, 1.165) is 30.7 Å². The van der Waals surface area contributed by atoms with Crippen molar-refractivity contribution >= 4 is 11.9 Å². The molecule has 0 radical (unpaired) electrons. The standard InChI is InChI=1S/2C7H6O5.C3H7.Co/c2*8-4-1-3(7(11)12)2-5(9)6(4)10;1-3-2;/h2*1-2,8-10H,(H,11,12);1,3H2,2H3;/q;;-1;+3/p-2. The van der Waals surface area contributed by atoms with E-state index >= 15 is 0 Å². The van der Waals surface area contributed by atoms with Gasteiger partial charge in [-0.05, 0) is 35.8 Å². The average molecular weight is 440 g/mol. The van der Waals surface area contributed by atoms with Crippen LogP contribution in [0.2, 0.25) is 0 Å². The first-order valence-electron chi connectivity index (χ1n) is 7.17. The average Bonchev–Trinajstić information content (AvgIpc) is 2.57. The molecule has 0 fully saturated rings. The van der Waals surface area contributed by atoms with E-state index in [0.29, 0.717) is 0 Å². The zero-order valence-electron chi connectivity index (χ0n) is 14.4. The second-order valence-corrected chi connectivity index (χ2v) is 4.80. The van der Waals surface area contributed by atoms with Crippen LogP contribution in [0, 0.1) is 6.92 Å². The fourth-order valence-electron chi connectivity index (χ4n) is 1.44. The minimum Gasteiger partial charge on any atom is -0.867 e. The summed E-state index contributed by atoms with van der Waals surface area (Å²) in [6.07, 6.45) is 1.00. The molecule has 0 spiro atoms. The van der Waals surface area contributed by atoms with Crippen LogP contribution in [0.15, 0.2) is 24.3 Å². The minimum absolute atomic E-state index is 0. The third-order valence-corrected chi connectivity index (χ3v) is 2.59. The number of aromatic hydroxyl groups is 4. The number of aromatic carboxylic acids is 2. The normalized spacial score (nSPS) is 8.93. The van der Waals surface area contributed by atoms with Crippen LogP contribution < -0.4 is 10.2 Å². The van der Waals surface area contributed by atoms with E-state index in [-0.39, 0.29) is 27.9 Å². The molecule has 0 unspecified atom stereocenters. The van der Waals surface area contributed by atoms with Gasteiger partial charge in [-0.1, -0.05) is 6.92 Å². The number of phenolic OH excluding ortho intramolecular Hbond substituents is 4. The number of carbonyl (C=O) groups is 2. The van der Waals surface area contributed by atoms with Crippen LogP contribution in [-0.2, 0) is 16.8 Å². The maximum absolute atomic E-state index is 10.7. The summed E-state index contributed by atoms with van der Waals surface area (Å²) in [5, 5.41) is 73.3. The summed E-state index contributed by atoms with van der Waals surface area (Å²) in [4.78, 5) is 20.6. The van der Waals surface area contributed by atoms with E-state index in [9.17, 15) is 19.8 Å². The molecule has 0 aliphatic carbocycles. The van der Waals surface area contributed by atoms with Crippen molar-refractivity contribution in [1.29, 1.82) is 0 Å². The van der Waals surface area contributed by atoms with Crippen LogP contribution in [0.4, 0.5) is 0 Å². The van der Waals surface area contributed by atoms with Crippen LogP contribution in [0.25, 0.3) is 0 Å². The number of carboxylic acid groups (broad SMARTS) is 2. The number of hydrogen-bond acceptors (Lipinski definition) is 8. The van der Waals surface area contributed by atoms with E-state index < -0.39 is 46.4 Å². The Labute approximate surface area is 169 Å². The van der Waals surface area contributed by atoms with Crippen LogP contribution in [0.3, 0.4) is 0 Å². The van der Waals surface area contributed by atoms with Gasteiger partial charge in [0.25, 0.3) is 0 Å². The van der Waals surface area contributed by atoms with Gasteiger partial charge in [0.2, 0.25) is 0 Å². The fourth-order valence-corrected chi connectivity index (χ4v) is 1.44. The Hall–Kier alpha value is -3.31. The minimum atomic E-state index is -1.32. The van der Waals surface area contributed by atoms with Gasteiger partial charge in [0, 0.05) is 0 Å². The number of phenols is 4. The maximum atomic E-state index is 10.7. The van der Waals surface area contributed by atoms with Crippen LogP contribution in [0.5, 0.6) is 34.5 Å². The Bertz CT molecular complexity index is 706. The molecule has 10 nitrogen and oxygen atoms in total. The Balaban J connectivity index is 0. The number of hydrogen-bond donors (Lipinski definition) is 6. The SMILES string of the molecule is O=C(O)c1cc(O)c([O-])c(O)c1.O=C(O)c1cc(O)c([O-])c(O)c1.[CH2-]CC.[Co+3]. The number of benzene rings is 2. The van der Waals surface area contributed by atoms with Crippen molar-refractivity contribution < 1.29 is 67.2 Å². The molecule has 154 valence electrons. The monoisotopic (exact) mass is 440 g/mol. The third kappa shape index (κ3) is 7.93. The number of rotatable bonds is 2. The molecule has 0 aliphatic heterocycles. The van der Waals surface area contributed by atoms with Gasteiger partial charge in [0.05, 0.1) is 11.1 Å². The van der Waals surface area contributed by atoms with Gasteiger partial charge in [0.15, 0.2) is 0 Å². The summed E-state index contributed by atoms with van der Waals surface area (Å²) in [5.41, 5.74) is -0.658. The molecule has 0 amide bonds. The van der Waals surface area contributed by atoms with Gasteiger partial charge >= 0.3 is 28.7 Å². The Morgan fingerprint density at radius 3 is 1.11 bits per heavy atom. The molecular formula is C17H17CoO10. The summed E-state index contributed by atoms with van der Waals surface area (Å²) >= 11 is 0. The van der Waals surface area contributed by atoms with Crippen molar-refractivity contribution in [3.8, 4) is 34.5 Å². The summed E-state index contributed by atoms with van der Waals surface area (Å²) in [6, 6.07) is 3.13. The second-order valence-electron chi connectivity index (χ2n) is 4.80. The maximum Gasteiger partial charge on any atom is 3.00 e. The van der Waals surface area contributed by atoms with Crippen LogP contribution in [0.1, 0.15) is 34.1 Å². The fraction of sp³-hybridized carbons (Fsp3) is 0.118. The first-order valence-corrected chi connectivity index (χ1v) is 7.17. The molecule has 0 aliphatic rings. The van der Waals surface area contributed by atoms with Crippen molar-refractivity contribution in [1.82, 2.24) is 0 Å². The Kier molecular flexibility index (Phi) is 11.7. The summed E-state index contributed by atoms with van der Waals surface area (Å²) in [6.45, 7) is 5.50. The van der Waals surface area contributed by atoms with Gasteiger partial charge in [-0.25, -0.2) is 9.59 Å². The molecule has 2 aromatic carbocycles. The second kappa shape index (κ2) is 12.1. The van der Waals surface area contributed by atoms with Crippen LogP contribution >= 0.6 is 0 Å². The van der Waals surface area contributed by atoms with Crippen molar-refractivity contribution in [2.45, 2.75) is 13.3 Å². The zero-order valence-corrected chi connectivity index (χ0v) is 15.4. The molecule has 2 aromatic rings. The van der Waals surface area contributed by atoms with Crippen molar-refractivity contribution in [3.05, 3.63) is 42.3 Å². The third-order valence-electron chi connectivity index (χ3n) is 2.59. The molecule has 28 heavy (non-hydrogen) atoms. The predicted octanol–water partition coefficient (Wildman–Crippen LogP) is 0.967. The first-order chi connectivity index (χ1) is 12.5. The van der Waals surface area contributed by atoms with E-state index in [4.69, 9.17) is 30.6 Å². The van der Waals surface area contributed by atoms with E-state index in [1.807, 2.05) is 6.92 Å². The van der Waals surface area contributed by atoms with Gasteiger partial charge in [-0.3, -0.25) is 0 Å². The predicted molar refractivity (Wildman–Crippen MR) is 88.0 cm³/mol. The first kappa shape index (κ1) is 26.9.